The highest BCUT2D eigenvalue weighted by Gasteiger charge is 2.12. The lowest BCUT2D eigenvalue weighted by Crippen LogP contribution is -2.35. The Bertz CT molecular complexity index is 572. The van der Waals surface area contributed by atoms with Crippen LogP contribution in [0.5, 0.6) is 0 Å². The van der Waals surface area contributed by atoms with E-state index in [9.17, 15) is 0 Å². The highest BCUT2D eigenvalue weighted by Crippen LogP contribution is 2.10. The van der Waals surface area contributed by atoms with E-state index in [2.05, 4.69) is 72.8 Å². The van der Waals surface area contributed by atoms with E-state index in [0.717, 1.165) is 13.0 Å². The minimum Gasteiger partial charge on any atom is -0.407 e. The van der Waals surface area contributed by atoms with E-state index in [1.807, 2.05) is 0 Å². The second-order valence-electron chi connectivity index (χ2n) is 6.21. The Labute approximate surface area is 126 Å². The molecule has 5 heteroatoms. The highest BCUT2D eigenvalue weighted by atomic mass is 16.4. The molecule has 114 valence electrons. The number of anilines is 1. The van der Waals surface area contributed by atoms with Gasteiger partial charge in [0.2, 0.25) is 5.89 Å². The molecule has 2 N–H and O–H groups in total. The zero-order valence-corrected chi connectivity index (χ0v) is 13.2. The molecule has 0 fully saturated rings. The molecule has 1 aromatic heterocycles. The third-order valence-corrected chi connectivity index (χ3v) is 3.17. The first-order valence-corrected chi connectivity index (χ1v) is 7.30. The van der Waals surface area contributed by atoms with E-state index in [0.29, 0.717) is 18.5 Å². The summed E-state index contributed by atoms with van der Waals surface area (Å²) in [7, 11) is 0. The fraction of sp³-hybridized carbons (Fsp3) is 0.500. The number of hydrogen-bond donors (Lipinski definition) is 2. The third kappa shape index (κ3) is 5.19. The van der Waals surface area contributed by atoms with Crippen LogP contribution in [0, 0.1) is 6.92 Å². The van der Waals surface area contributed by atoms with E-state index in [-0.39, 0.29) is 5.54 Å². The molecule has 0 bridgehead atoms. The average Bonchev–Trinajstić information content (AvgIpc) is 2.86. The Morgan fingerprint density at radius 2 is 1.90 bits per heavy atom. The summed E-state index contributed by atoms with van der Waals surface area (Å²) in [5.74, 6) is 0.600. The molecule has 0 radical (unpaired) electrons. The molecule has 0 atom stereocenters. The van der Waals surface area contributed by atoms with Crippen molar-refractivity contribution in [1.82, 2.24) is 15.5 Å². The lowest BCUT2D eigenvalue weighted by molar-refractivity contribution is 0.383. The summed E-state index contributed by atoms with van der Waals surface area (Å²) in [6.07, 6.45) is 0.935. The number of aryl methyl sites for hydroxylation is 1. The second-order valence-corrected chi connectivity index (χ2v) is 6.21. The highest BCUT2D eigenvalue weighted by molar-refractivity contribution is 5.27. The molecule has 0 saturated heterocycles. The molecule has 0 saturated carbocycles. The monoisotopic (exact) mass is 288 g/mol. The van der Waals surface area contributed by atoms with Crippen molar-refractivity contribution in [2.45, 2.75) is 46.2 Å². The van der Waals surface area contributed by atoms with Gasteiger partial charge in [0.15, 0.2) is 0 Å². The summed E-state index contributed by atoms with van der Waals surface area (Å²) in [6.45, 7) is 9.79. The first-order valence-electron chi connectivity index (χ1n) is 7.30. The van der Waals surface area contributed by atoms with Crippen LogP contribution in [0.3, 0.4) is 0 Å². The van der Waals surface area contributed by atoms with E-state index in [1.54, 1.807) is 0 Å². The molecule has 1 heterocycles. The van der Waals surface area contributed by atoms with Gasteiger partial charge in [-0.15, -0.1) is 5.10 Å². The lowest BCUT2D eigenvalue weighted by Gasteiger charge is -2.18. The molecule has 0 spiro atoms. The van der Waals surface area contributed by atoms with Gasteiger partial charge in [0, 0.05) is 12.1 Å². The van der Waals surface area contributed by atoms with Crippen LogP contribution in [0.25, 0.3) is 0 Å². The van der Waals surface area contributed by atoms with Gasteiger partial charge in [0.25, 0.3) is 0 Å². The number of hydrogen-bond acceptors (Lipinski definition) is 5. The molecule has 2 aromatic rings. The van der Waals surface area contributed by atoms with Crippen LogP contribution in [0.2, 0.25) is 0 Å². The van der Waals surface area contributed by atoms with E-state index >= 15 is 0 Å². The third-order valence-electron chi connectivity index (χ3n) is 3.17. The Morgan fingerprint density at radius 3 is 2.62 bits per heavy atom. The van der Waals surface area contributed by atoms with Crippen LogP contribution >= 0.6 is 0 Å². The maximum Gasteiger partial charge on any atom is 0.315 e. The summed E-state index contributed by atoms with van der Waals surface area (Å²) >= 11 is 0. The van der Waals surface area contributed by atoms with Gasteiger partial charge in [-0.1, -0.05) is 29.4 Å². The van der Waals surface area contributed by atoms with Gasteiger partial charge in [-0.3, -0.25) is 0 Å². The summed E-state index contributed by atoms with van der Waals surface area (Å²) < 4.78 is 5.55. The normalized spacial score (nSPS) is 11.6. The number of rotatable bonds is 6. The van der Waals surface area contributed by atoms with Crippen LogP contribution in [-0.4, -0.2) is 22.3 Å². The smallest absolute Gasteiger partial charge is 0.315 e. The van der Waals surface area contributed by atoms with Crippen molar-refractivity contribution in [3.05, 3.63) is 41.3 Å². The Morgan fingerprint density at radius 1 is 1.14 bits per heavy atom. The molecule has 21 heavy (non-hydrogen) atoms. The van der Waals surface area contributed by atoms with Crippen molar-refractivity contribution in [1.29, 1.82) is 0 Å². The van der Waals surface area contributed by atoms with Gasteiger partial charge in [-0.05, 0) is 45.2 Å². The number of nitrogens with one attached hydrogen (secondary N) is 2. The predicted octanol–water partition coefficient (Wildman–Crippen LogP) is 2.92. The molecular weight excluding hydrogens is 264 g/mol. The quantitative estimate of drug-likeness (QED) is 0.855. The molecule has 0 aliphatic carbocycles. The largest absolute Gasteiger partial charge is 0.407 e. The minimum absolute atomic E-state index is 0.0346. The summed E-state index contributed by atoms with van der Waals surface area (Å²) in [6, 6.07) is 8.86. The summed E-state index contributed by atoms with van der Waals surface area (Å²) in [5, 5.41) is 14.5. The summed E-state index contributed by atoms with van der Waals surface area (Å²) in [4.78, 5) is 0. The van der Waals surface area contributed by atoms with Crippen molar-refractivity contribution in [2.24, 2.45) is 0 Å². The predicted molar refractivity (Wildman–Crippen MR) is 84.3 cm³/mol. The van der Waals surface area contributed by atoms with Gasteiger partial charge in [-0.25, -0.2) is 0 Å². The Hall–Kier alpha value is -1.88. The molecular formula is C16H24N4O. The first-order chi connectivity index (χ1) is 9.94. The van der Waals surface area contributed by atoms with Crippen LogP contribution < -0.4 is 10.6 Å². The summed E-state index contributed by atoms with van der Waals surface area (Å²) in [5.41, 5.74) is 2.67. The van der Waals surface area contributed by atoms with Crippen molar-refractivity contribution in [2.75, 3.05) is 11.9 Å². The maximum absolute atomic E-state index is 5.55. The molecule has 0 amide bonds. The van der Waals surface area contributed by atoms with Gasteiger partial charge in [0.1, 0.15) is 0 Å². The van der Waals surface area contributed by atoms with Gasteiger partial charge in [0.05, 0.1) is 6.54 Å². The Balaban J connectivity index is 1.79. The standard InChI is InChI=1S/C16H24N4O/c1-12-7-5-6-8-13(12)9-10-17-15-20-19-14(21-15)11-18-16(2,3)4/h5-8,18H,9-11H2,1-4H3,(H,17,20). The number of aromatic nitrogens is 2. The molecule has 5 nitrogen and oxygen atoms in total. The van der Waals surface area contributed by atoms with Gasteiger partial charge >= 0.3 is 6.01 Å². The molecule has 0 unspecified atom stereocenters. The first kappa shape index (κ1) is 15.5. The topological polar surface area (TPSA) is 63.0 Å². The van der Waals surface area contributed by atoms with Gasteiger partial charge in [-0.2, -0.15) is 0 Å². The number of nitrogens with zero attached hydrogens (tertiary/aromatic N) is 2. The minimum atomic E-state index is 0.0346. The van der Waals surface area contributed by atoms with Crippen molar-refractivity contribution >= 4 is 6.01 Å². The zero-order valence-electron chi connectivity index (χ0n) is 13.2. The van der Waals surface area contributed by atoms with Crippen molar-refractivity contribution in [3.63, 3.8) is 0 Å². The van der Waals surface area contributed by atoms with Crippen LogP contribution in [0.15, 0.2) is 28.7 Å². The molecule has 0 aliphatic heterocycles. The van der Waals surface area contributed by atoms with E-state index in [4.69, 9.17) is 4.42 Å². The maximum atomic E-state index is 5.55. The zero-order chi connectivity index (χ0) is 15.3. The van der Waals surface area contributed by atoms with Crippen LogP contribution in [0.4, 0.5) is 6.01 Å². The van der Waals surface area contributed by atoms with Crippen molar-refractivity contribution in [3.8, 4) is 0 Å². The Kier molecular flexibility index (Phi) is 4.96. The van der Waals surface area contributed by atoms with Gasteiger partial charge < -0.3 is 15.1 Å². The van der Waals surface area contributed by atoms with Crippen LogP contribution in [-0.2, 0) is 13.0 Å². The fourth-order valence-electron chi connectivity index (χ4n) is 1.93. The lowest BCUT2D eigenvalue weighted by atomic mass is 10.1. The molecule has 0 aliphatic rings. The molecule has 1 aromatic carbocycles. The fourth-order valence-corrected chi connectivity index (χ4v) is 1.93. The number of benzene rings is 1. The average molecular weight is 288 g/mol. The van der Waals surface area contributed by atoms with Crippen molar-refractivity contribution < 1.29 is 4.42 Å². The van der Waals surface area contributed by atoms with Crippen LogP contribution in [0.1, 0.15) is 37.8 Å². The second kappa shape index (κ2) is 6.72. The molecule has 2 rings (SSSR count). The van der Waals surface area contributed by atoms with E-state index < -0.39 is 0 Å². The van der Waals surface area contributed by atoms with E-state index in [1.165, 1.54) is 11.1 Å². The SMILES string of the molecule is Cc1ccccc1CCNc1nnc(CNC(C)(C)C)o1.